The number of nitrogens with one attached hydrogen (secondary N) is 1. The molecule has 0 amide bonds. The number of hydrogen-bond acceptors (Lipinski definition) is 11. The molecule has 1 aromatic carbocycles. The van der Waals surface area contributed by atoms with Crippen molar-refractivity contribution in [1.82, 2.24) is 24.8 Å². The maximum Gasteiger partial charge on any atom is 0.204 e. The summed E-state index contributed by atoms with van der Waals surface area (Å²) in [6.07, 6.45) is 10.3. The Hall–Kier alpha value is -4.01. The van der Waals surface area contributed by atoms with E-state index in [2.05, 4.69) is 57.8 Å². The second-order valence-electron chi connectivity index (χ2n) is 14.0. The van der Waals surface area contributed by atoms with Crippen molar-refractivity contribution in [3.63, 3.8) is 0 Å². The van der Waals surface area contributed by atoms with E-state index in [9.17, 15) is 0 Å². The minimum Gasteiger partial charge on any atom is -0.492 e. The van der Waals surface area contributed by atoms with Crippen LogP contribution in [0.2, 0.25) is 25.7 Å². The molecule has 2 N–H and O–H groups in total. The van der Waals surface area contributed by atoms with E-state index in [0.29, 0.717) is 43.7 Å². The van der Waals surface area contributed by atoms with Crippen molar-refractivity contribution in [2.75, 3.05) is 40.5 Å². The van der Waals surface area contributed by atoms with E-state index < -0.39 is 8.07 Å². The largest absolute Gasteiger partial charge is 0.492 e. The van der Waals surface area contributed by atoms with Gasteiger partial charge in [-0.15, -0.1) is 0 Å². The van der Waals surface area contributed by atoms with E-state index in [0.717, 1.165) is 70.2 Å². The van der Waals surface area contributed by atoms with E-state index >= 15 is 0 Å². The lowest BCUT2D eigenvalue weighted by molar-refractivity contribution is -0.106. The van der Waals surface area contributed by atoms with Gasteiger partial charge in [0.1, 0.15) is 30.3 Å². The monoisotopic (exact) mass is 702 g/mol. The topological polar surface area (TPSA) is 125 Å². The van der Waals surface area contributed by atoms with Crippen molar-refractivity contribution >= 4 is 24.9 Å². The fourth-order valence-corrected chi connectivity index (χ4v) is 6.76. The predicted molar refractivity (Wildman–Crippen MR) is 195 cm³/mol. The number of benzene rings is 1. The number of pyridine rings is 2. The molecular formula is C37H50N6O6Si. The van der Waals surface area contributed by atoms with E-state index in [1.165, 1.54) is 0 Å². The Morgan fingerprint density at radius 3 is 2.70 bits per heavy atom. The van der Waals surface area contributed by atoms with Crippen LogP contribution in [0.3, 0.4) is 0 Å². The van der Waals surface area contributed by atoms with Gasteiger partial charge in [0.2, 0.25) is 5.88 Å². The molecule has 2 unspecified atom stereocenters. The number of aromatic nitrogens is 3. The van der Waals surface area contributed by atoms with E-state index in [1.807, 2.05) is 37.2 Å². The van der Waals surface area contributed by atoms with Crippen LogP contribution in [0.15, 0.2) is 60.1 Å². The van der Waals surface area contributed by atoms with Crippen LogP contribution in [0.5, 0.6) is 11.5 Å². The maximum atomic E-state index is 9.14. The first-order valence-electron chi connectivity index (χ1n) is 17.5. The summed E-state index contributed by atoms with van der Waals surface area (Å²) in [6.45, 7) is 9.60. The number of nitrogens with zero attached hydrogens (tertiary/aromatic N) is 5. The van der Waals surface area contributed by atoms with E-state index in [1.54, 1.807) is 18.6 Å². The zero-order chi connectivity index (χ0) is 35.1. The second kappa shape index (κ2) is 16.3. The summed E-state index contributed by atoms with van der Waals surface area (Å²) in [5.41, 5.74) is 4.48. The van der Waals surface area contributed by atoms with Gasteiger partial charge >= 0.3 is 0 Å². The Bertz CT molecular complexity index is 1870. The molecule has 2 aliphatic rings. The Balaban J connectivity index is 1.39. The normalized spacial score (nSPS) is 17.8. The van der Waals surface area contributed by atoms with Gasteiger partial charge in [-0.25, -0.2) is 4.99 Å². The third-order valence-corrected chi connectivity index (χ3v) is 10.5. The minimum absolute atomic E-state index is 0.0737. The molecule has 2 aliphatic heterocycles. The molecule has 0 saturated carbocycles. The summed E-state index contributed by atoms with van der Waals surface area (Å²) in [5, 5.41) is 14.3. The van der Waals surface area contributed by atoms with Crippen LogP contribution in [0.4, 0.5) is 0 Å². The summed E-state index contributed by atoms with van der Waals surface area (Å²) in [5.74, 6) is 2.01. The van der Waals surface area contributed by atoms with Gasteiger partial charge in [0.25, 0.3) is 0 Å². The second-order valence-corrected chi connectivity index (χ2v) is 19.6. The Labute approximate surface area is 294 Å². The van der Waals surface area contributed by atoms with Gasteiger partial charge in [0.05, 0.1) is 36.3 Å². The molecule has 0 spiro atoms. The summed E-state index contributed by atoms with van der Waals surface area (Å²) in [7, 11) is 2.60. The van der Waals surface area contributed by atoms with E-state index in [4.69, 9.17) is 33.8 Å². The first-order valence-corrected chi connectivity index (χ1v) is 21.2. The van der Waals surface area contributed by atoms with Crippen LogP contribution in [-0.4, -0.2) is 85.7 Å². The standard InChI is InChI=1S/C37H50N6O6Si/c1-38-37-41-35-34(36(42(37)2)48-24-26-17-29(21-39-20-26)46-14-8-12-44)31(23-43(35)25-45-15-16-50(3,4)5)27-10-11-32-28(18-27)19-30(22-40-32)49-33-9-6-7-13-47-33/h10-11,17-23,33,37-38,44H,6-9,12-16,24-25H2,1-5H3. The molecule has 6 rings (SSSR count). The summed E-state index contributed by atoms with van der Waals surface area (Å²) in [4.78, 5) is 16.2. The van der Waals surface area contributed by atoms with Crippen LogP contribution < -0.4 is 25.5 Å². The molecule has 12 nitrogen and oxygen atoms in total. The van der Waals surface area contributed by atoms with E-state index in [-0.39, 0.29) is 25.8 Å². The molecule has 4 aromatic rings. The average Bonchev–Trinajstić information content (AvgIpc) is 3.47. The van der Waals surface area contributed by atoms with Crippen LogP contribution in [0.25, 0.3) is 27.9 Å². The van der Waals surface area contributed by atoms with Gasteiger partial charge in [-0.3, -0.25) is 15.3 Å². The number of fused-ring (bicyclic) bond motifs is 2. The highest BCUT2D eigenvalue weighted by molar-refractivity contribution is 6.76. The number of aliphatic hydroxyl groups excluding tert-OH is 1. The molecule has 0 aliphatic carbocycles. The van der Waals surface area contributed by atoms with Crippen LogP contribution in [0, 0.1) is 0 Å². The summed E-state index contributed by atoms with van der Waals surface area (Å²) >= 11 is 0. The van der Waals surface area contributed by atoms with Gasteiger partial charge in [-0.05, 0) is 55.8 Å². The number of hydrogen-bond donors (Lipinski definition) is 2. The third-order valence-electron chi connectivity index (χ3n) is 8.77. The molecule has 0 radical (unpaired) electrons. The Morgan fingerprint density at radius 1 is 1.04 bits per heavy atom. The van der Waals surface area contributed by atoms with Crippen molar-refractivity contribution < 1.29 is 28.8 Å². The molecular weight excluding hydrogens is 653 g/mol. The first kappa shape index (κ1) is 35.8. The van der Waals surface area contributed by atoms with Crippen LogP contribution in [0.1, 0.15) is 31.2 Å². The van der Waals surface area contributed by atoms with Gasteiger partial charge in [-0.1, -0.05) is 25.7 Å². The highest BCUT2D eigenvalue weighted by atomic mass is 28.3. The molecule has 5 heterocycles. The molecule has 13 heteroatoms. The molecule has 1 fully saturated rings. The van der Waals surface area contributed by atoms with Gasteiger partial charge < -0.3 is 38.3 Å². The molecule has 268 valence electrons. The van der Waals surface area contributed by atoms with Crippen molar-refractivity contribution in [3.05, 3.63) is 71.4 Å². The molecule has 1 saturated heterocycles. The van der Waals surface area contributed by atoms with Crippen molar-refractivity contribution in [3.8, 4) is 22.6 Å². The molecule has 0 bridgehead atoms. The number of rotatable bonds is 16. The lowest BCUT2D eigenvalue weighted by atomic mass is 10.0. The van der Waals surface area contributed by atoms with Crippen LogP contribution >= 0.6 is 0 Å². The van der Waals surface area contributed by atoms with Crippen molar-refractivity contribution in [2.45, 2.75) is 77.3 Å². The maximum absolute atomic E-state index is 9.14. The number of aliphatic hydroxyl groups is 1. The molecule has 2 atom stereocenters. The summed E-state index contributed by atoms with van der Waals surface area (Å²) < 4.78 is 32.8. The zero-order valence-electron chi connectivity index (χ0n) is 29.9. The fourth-order valence-electron chi connectivity index (χ4n) is 6.00. The zero-order valence-corrected chi connectivity index (χ0v) is 30.9. The predicted octanol–water partition coefficient (Wildman–Crippen LogP) is 4.43. The highest BCUT2D eigenvalue weighted by Crippen LogP contribution is 2.27. The number of ether oxygens (including phenoxy) is 5. The summed E-state index contributed by atoms with van der Waals surface area (Å²) in [6, 6.07) is 11.3. The molecule has 50 heavy (non-hydrogen) atoms. The first-order chi connectivity index (χ1) is 24.2. The van der Waals surface area contributed by atoms with Gasteiger partial charge in [0.15, 0.2) is 12.6 Å². The smallest absolute Gasteiger partial charge is 0.204 e. The fraction of sp³-hybridized carbons (Fsp3) is 0.486. The van der Waals surface area contributed by atoms with Gasteiger partial charge in [-0.2, -0.15) is 0 Å². The highest BCUT2D eigenvalue weighted by Gasteiger charge is 2.26. The average molecular weight is 703 g/mol. The Kier molecular flexibility index (Phi) is 11.7. The van der Waals surface area contributed by atoms with Crippen molar-refractivity contribution in [2.24, 2.45) is 4.99 Å². The lowest BCUT2D eigenvalue weighted by Crippen LogP contribution is -2.51. The van der Waals surface area contributed by atoms with Gasteiger partial charge in [0, 0.05) is 70.1 Å². The van der Waals surface area contributed by atoms with Crippen LogP contribution in [-0.2, 0) is 27.5 Å². The van der Waals surface area contributed by atoms with Crippen molar-refractivity contribution in [1.29, 1.82) is 0 Å². The third kappa shape index (κ3) is 8.82. The molecule has 3 aromatic heterocycles. The Morgan fingerprint density at radius 2 is 1.92 bits per heavy atom. The minimum atomic E-state index is -1.26. The SMILES string of the molecule is CNC1N=c2c(c(-c3ccc4ncc(OC5CCCCO5)cc4c3)cn2COCC[Si](C)(C)C)=C(OCc2cncc(OCCCO)c2)N1C. The quantitative estimate of drug-likeness (QED) is 0.128. The lowest BCUT2D eigenvalue weighted by Gasteiger charge is -2.30.